The molecule has 0 unspecified atom stereocenters. The molecule has 1 aromatic heterocycles. The molecule has 1 heterocycles. The Morgan fingerprint density at radius 1 is 1.06 bits per heavy atom. The summed E-state index contributed by atoms with van der Waals surface area (Å²) in [6.07, 6.45) is 9.02. The Balaban J connectivity index is 1.43. The van der Waals surface area contributed by atoms with Gasteiger partial charge in [-0.2, -0.15) is 0 Å². The zero-order valence-corrected chi connectivity index (χ0v) is 20.1. The van der Waals surface area contributed by atoms with Crippen molar-refractivity contribution in [3.8, 4) is 11.3 Å². The topological polar surface area (TPSA) is 72.4 Å². The number of benzene rings is 1. The average Bonchev–Trinajstić information content (AvgIpc) is 3.17. The van der Waals surface area contributed by atoms with Crippen LogP contribution in [0.1, 0.15) is 64.5 Å². The molecule has 4 fully saturated rings. The van der Waals surface area contributed by atoms with Gasteiger partial charge in [-0.15, -0.1) is 0 Å². The average molecular weight is 447 g/mol. The van der Waals surface area contributed by atoms with E-state index in [0.717, 1.165) is 35.4 Å². The number of nitrogens with one attached hydrogen (secondary N) is 1. The van der Waals surface area contributed by atoms with Crippen molar-refractivity contribution in [3.63, 3.8) is 0 Å². The molecule has 176 valence electrons. The van der Waals surface area contributed by atoms with Gasteiger partial charge in [0.25, 0.3) is 0 Å². The second kappa shape index (κ2) is 9.00. The molecule has 1 amide bonds. The van der Waals surface area contributed by atoms with Crippen LogP contribution in [0.5, 0.6) is 0 Å². The van der Waals surface area contributed by atoms with Crippen LogP contribution in [-0.4, -0.2) is 23.0 Å². The summed E-state index contributed by atoms with van der Waals surface area (Å²) >= 11 is 0. The normalized spacial score (nSPS) is 28.5. The number of guanidine groups is 1. The Bertz CT molecular complexity index is 984. The summed E-state index contributed by atoms with van der Waals surface area (Å²) in [6.45, 7) is 5.23. The molecule has 1 aromatic carbocycles. The molecule has 4 aliphatic rings. The molecule has 4 saturated carbocycles. The molecule has 0 saturated heterocycles. The van der Waals surface area contributed by atoms with Crippen LogP contribution in [0.4, 0.5) is 0 Å². The van der Waals surface area contributed by atoms with Gasteiger partial charge in [-0.25, -0.2) is 0 Å². The molecule has 6 rings (SSSR count). The largest absolute Gasteiger partial charge is 0.370 e. The minimum atomic E-state index is -0.0971. The predicted octanol–water partition coefficient (Wildman–Crippen LogP) is 5.10. The number of rotatable bonds is 7. The standard InChI is InChI=1S/C28H38N4O/c1-19(2)10-11-30-27(29)31-26(33)18-32-24(23-6-4-3-5-7-23)8-9-25(32)28-15-20-12-21(16-28)14-22(13-20)17-28/h3-9,19-22H,10-18H2,1-2H3,(H3,29,30,31,33). The van der Waals surface area contributed by atoms with Gasteiger partial charge in [-0.1, -0.05) is 44.2 Å². The number of nitrogens with zero attached hydrogens (tertiary/aromatic N) is 2. The van der Waals surface area contributed by atoms with Crippen molar-refractivity contribution in [2.24, 2.45) is 34.4 Å². The van der Waals surface area contributed by atoms with Gasteiger partial charge in [0.15, 0.2) is 5.96 Å². The predicted molar refractivity (Wildman–Crippen MR) is 134 cm³/mol. The van der Waals surface area contributed by atoms with E-state index < -0.39 is 0 Å². The van der Waals surface area contributed by atoms with Crippen molar-refractivity contribution < 1.29 is 4.79 Å². The molecule has 5 heteroatoms. The van der Waals surface area contributed by atoms with E-state index in [1.54, 1.807) is 0 Å². The second-order valence-corrected chi connectivity index (χ2v) is 11.3. The van der Waals surface area contributed by atoms with Crippen LogP contribution in [0.25, 0.3) is 11.3 Å². The van der Waals surface area contributed by atoms with E-state index in [1.165, 1.54) is 44.2 Å². The zero-order chi connectivity index (χ0) is 23.0. The fraction of sp³-hybridized carbons (Fsp3) is 0.571. The van der Waals surface area contributed by atoms with E-state index in [0.29, 0.717) is 12.5 Å². The van der Waals surface area contributed by atoms with E-state index >= 15 is 0 Å². The molecule has 33 heavy (non-hydrogen) atoms. The first kappa shape index (κ1) is 22.2. The molecule has 4 bridgehead atoms. The summed E-state index contributed by atoms with van der Waals surface area (Å²) in [7, 11) is 0. The highest BCUT2D eigenvalue weighted by Crippen LogP contribution is 2.61. The highest BCUT2D eigenvalue weighted by Gasteiger charge is 2.52. The highest BCUT2D eigenvalue weighted by atomic mass is 16.2. The Kier molecular flexibility index (Phi) is 6.07. The lowest BCUT2D eigenvalue weighted by molar-refractivity contribution is -0.120. The molecule has 0 radical (unpaired) electrons. The lowest BCUT2D eigenvalue weighted by atomic mass is 9.49. The van der Waals surface area contributed by atoms with Gasteiger partial charge in [-0.3, -0.25) is 15.1 Å². The number of aromatic nitrogens is 1. The quantitative estimate of drug-likeness (QED) is 0.459. The van der Waals surface area contributed by atoms with E-state index in [2.05, 4.69) is 65.1 Å². The summed E-state index contributed by atoms with van der Waals surface area (Å²) < 4.78 is 2.28. The number of amides is 1. The molecule has 2 aromatic rings. The third-order valence-electron chi connectivity index (χ3n) is 8.19. The van der Waals surface area contributed by atoms with E-state index in [-0.39, 0.29) is 23.8 Å². The van der Waals surface area contributed by atoms with Crippen molar-refractivity contribution in [1.29, 1.82) is 0 Å². The van der Waals surface area contributed by atoms with Crippen molar-refractivity contribution in [2.45, 2.75) is 70.8 Å². The summed E-state index contributed by atoms with van der Waals surface area (Å²) in [5.41, 5.74) is 9.88. The molecular formula is C28H38N4O. The number of aliphatic imine (C=N–C) groups is 1. The van der Waals surface area contributed by atoms with Gasteiger partial charge in [0, 0.05) is 23.3 Å². The minimum Gasteiger partial charge on any atom is -0.370 e. The van der Waals surface area contributed by atoms with Crippen LogP contribution in [0.15, 0.2) is 47.5 Å². The first-order valence-corrected chi connectivity index (χ1v) is 12.8. The van der Waals surface area contributed by atoms with Crippen LogP contribution in [0, 0.1) is 23.7 Å². The smallest absolute Gasteiger partial charge is 0.246 e. The van der Waals surface area contributed by atoms with Crippen molar-refractivity contribution in [2.75, 3.05) is 6.54 Å². The van der Waals surface area contributed by atoms with Gasteiger partial charge in [0.2, 0.25) is 5.91 Å². The maximum atomic E-state index is 13.1. The second-order valence-electron chi connectivity index (χ2n) is 11.3. The Morgan fingerprint density at radius 2 is 1.70 bits per heavy atom. The number of carbonyl (C=O) groups is 1. The molecule has 3 N–H and O–H groups in total. The molecule has 0 spiro atoms. The fourth-order valence-corrected chi connectivity index (χ4v) is 7.20. The van der Waals surface area contributed by atoms with Crippen molar-refractivity contribution in [1.82, 2.24) is 9.88 Å². The third kappa shape index (κ3) is 4.60. The number of hydrogen-bond donors (Lipinski definition) is 2. The Labute approximate surface area is 197 Å². The van der Waals surface area contributed by atoms with Gasteiger partial charge < -0.3 is 10.3 Å². The SMILES string of the molecule is CC(C)CCN=C(N)NC(=O)Cn1c(-c2ccccc2)ccc1C12CC3CC(CC(C3)C1)C2. The summed E-state index contributed by atoms with van der Waals surface area (Å²) in [6, 6.07) is 15.0. The molecule has 4 aliphatic carbocycles. The maximum Gasteiger partial charge on any atom is 0.246 e. The first-order chi connectivity index (χ1) is 15.9. The van der Waals surface area contributed by atoms with Crippen LogP contribution in [0.2, 0.25) is 0 Å². The maximum absolute atomic E-state index is 13.1. The van der Waals surface area contributed by atoms with Gasteiger partial charge in [0.1, 0.15) is 6.54 Å². The van der Waals surface area contributed by atoms with Crippen molar-refractivity contribution in [3.05, 3.63) is 48.2 Å². The minimum absolute atomic E-state index is 0.0971. The van der Waals surface area contributed by atoms with Gasteiger partial charge in [0.05, 0.1) is 0 Å². The van der Waals surface area contributed by atoms with E-state index in [1.807, 2.05) is 6.07 Å². The Morgan fingerprint density at radius 3 is 2.30 bits per heavy atom. The van der Waals surface area contributed by atoms with Crippen LogP contribution in [0.3, 0.4) is 0 Å². The molecule has 5 nitrogen and oxygen atoms in total. The fourth-order valence-electron chi connectivity index (χ4n) is 7.20. The van der Waals surface area contributed by atoms with Crippen LogP contribution < -0.4 is 11.1 Å². The zero-order valence-electron chi connectivity index (χ0n) is 20.1. The highest BCUT2D eigenvalue weighted by molar-refractivity contribution is 5.96. The van der Waals surface area contributed by atoms with Crippen molar-refractivity contribution >= 4 is 11.9 Å². The Hall–Kier alpha value is -2.56. The molecular weight excluding hydrogens is 408 g/mol. The number of carbonyl (C=O) groups excluding carboxylic acids is 1. The lowest BCUT2D eigenvalue weighted by Crippen LogP contribution is -2.49. The monoisotopic (exact) mass is 446 g/mol. The van der Waals surface area contributed by atoms with Gasteiger partial charge in [-0.05, 0) is 86.3 Å². The first-order valence-electron chi connectivity index (χ1n) is 12.8. The van der Waals surface area contributed by atoms with E-state index in [9.17, 15) is 4.79 Å². The molecule has 0 aliphatic heterocycles. The number of hydrogen-bond acceptors (Lipinski definition) is 2. The van der Waals surface area contributed by atoms with Gasteiger partial charge >= 0.3 is 0 Å². The summed E-state index contributed by atoms with van der Waals surface area (Å²) in [5.74, 6) is 3.27. The molecule has 0 atom stereocenters. The van der Waals surface area contributed by atoms with E-state index in [4.69, 9.17) is 5.73 Å². The summed E-state index contributed by atoms with van der Waals surface area (Å²) in [5, 5.41) is 2.84. The third-order valence-corrected chi connectivity index (χ3v) is 8.19. The van der Waals surface area contributed by atoms with Crippen LogP contribution in [-0.2, 0) is 16.8 Å². The number of nitrogens with two attached hydrogens (primary N) is 1. The summed E-state index contributed by atoms with van der Waals surface area (Å²) in [4.78, 5) is 17.4. The van der Waals surface area contributed by atoms with Crippen LogP contribution >= 0.6 is 0 Å². The lowest BCUT2D eigenvalue weighted by Gasteiger charge is -2.57.